The summed E-state index contributed by atoms with van der Waals surface area (Å²) in [5.74, 6) is 0.465. The third-order valence-corrected chi connectivity index (χ3v) is 7.87. The van der Waals surface area contributed by atoms with Gasteiger partial charge >= 0.3 is 0 Å². The van der Waals surface area contributed by atoms with Gasteiger partial charge in [0.05, 0.1) is 29.0 Å². The number of Topliss-reactive ketones (excluding diaryl/α,β-unsaturated/α-hetero) is 2. The van der Waals surface area contributed by atoms with E-state index < -0.39 is 17.8 Å². The summed E-state index contributed by atoms with van der Waals surface area (Å²) in [6, 6.07) is 11.8. The minimum atomic E-state index is -0.852. The SMILES string of the molecule is Cc1c(CCSc2nc3ccccc3s2)ccc2c1OC(N1CCOCC1)C(=O)C2=O. The van der Waals surface area contributed by atoms with Gasteiger partial charge in [0.15, 0.2) is 4.34 Å². The van der Waals surface area contributed by atoms with Gasteiger partial charge in [0.25, 0.3) is 5.78 Å². The molecule has 0 aliphatic carbocycles. The summed E-state index contributed by atoms with van der Waals surface area (Å²) in [4.78, 5) is 31.9. The summed E-state index contributed by atoms with van der Waals surface area (Å²) in [7, 11) is 0. The molecule has 1 unspecified atom stereocenters. The van der Waals surface area contributed by atoms with Crippen LogP contribution in [0.25, 0.3) is 10.2 Å². The maximum absolute atomic E-state index is 12.7. The van der Waals surface area contributed by atoms with Crippen LogP contribution in [0.1, 0.15) is 21.5 Å². The van der Waals surface area contributed by atoms with Crippen LogP contribution in [0.15, 0.2) is 40.7 Å². The first-order valence-electron chi connectivity index (χ1n) is 10.3. The van der Waals surface area contributed by atoms with Gasteiger partial charge in [-0.2, -0.15) is 0 Å². The molecule has 1 saturated heterocycles. The highest BCUT2D eigenvalue weighted by Gasteiger charge is 2.40. The average Bonchev–Trinajstić information content (AvgIpc) is 3.21. The molecular weight excluding hydrogens is 432 g/mol. The van der Waals surface area contributed by atoms with Crippen LogP contribution in [0.4, 0.5) is 0 Å². The summed E-state index contributed by atoms with van der Waals surface area (Å²) >= 11 is 3.44. The Morgan fingerprint density at radius 2 is 1.97 bits per heavy atom. The van der Waals surface area contributed by atoms with Crippen molar-refractivity contribution in [2.75, 3.05) is 32.1 Å². The van der Waals surface area contributed by atoms with Crippen molar-refractivity contribution in [3.8, 4) is 5.75 Å². The van der Waals surface area contributed by atoms with Gasteiger partial charge in [-0.3, -0.25) is 14.5 Å². The number of benzene rings is 2. The van der Waals surface area contributed by atoms with Crippen molar-refractivity contribution in [1.82, 2.24) is 9.88 Å². The van der Waals surface area contributed by atoms with Crippen LogP contribution >= 0.6 is 23.1 Å². The molecule has 0 bridgehead atoms. The Morgan fingerprint density at radius 1 is 1.16 bits per heavy atom. The molecule has 3 aromatic rings. The number of thioether (sulfide) groups is 1. The van der Waals surface area contributed by atoms with Gasteiger partial charge in [0.2, 0.25) is 12.0 Å². The Morgan fingerprint density at radius 3 is 2.77 bits per heavy atom. The fourth-order valence-corrected chi connectivity index (χ4v) is 6.07. The van der Waals surface area contributed by atoms with E-state index in [9.17, 15) is 9.59 Å². The summed E-state index contributed by atoms with van der Waals surface area (Å²) in [5, 5.41) is 0. The number of ether oxygens (including phenoxy) is 2. The maximum atomic E-state index is 12.7. The predicted octanol–water partition coefficient (Wildman–Crippen LogP) is 3.74. The molecule has 2 aliphatic rings. The van der Waals surface area contributed by atoms with E-state index >= 15 is 0 Å². The molecule has 160 valence electrons. The zero-order valence-electron chi connectivity index (χ0n) is 17.1. The minimum absolute atomic E-state index is 0.370. The van der Waals surface area contributed by atoms with Crippen LogP contribution < -0.4 is 4.74 Å². The maximum Gasteiger partial charge on any atom is 0.259 e. The molecule has 1 aromatic heterocycles. The average molecular weight is 455 g/mol. The lowest BCUT2D eigenvalue weighted by molar-refractivity contribution is -0.134. The quantitative estimate of drug-likeness (QED) is 0.430. The van der Waals surface area contributed by atoms with Gasteiger partial charge in [0.1, 0.15) is 5.75 Å². The number of morpholine rings is 1. The highest BCUT2D eigenvalue weighted by Crippen LogP contribution is 2.35. The van der Waals surface area contributed by atoms with Crippen LogP contribution in [0.2, 0.25) is 0 Å². The second-order valence-electron chi connectivity index (χ2n) is 7.58. The second-order valence-corrected chi connectivity index (χ2v) is 9.96. The Balaban J connectivity index is 1.32. The third kappa shape index (κ3) is 4.01. The summed E-state index contributed by atoms with van der Waals surface area (Å²) in [6.45, 7) is 4.20. The molecule has 0 saturated carbocycles. The topological polar surface area (TPSA) is 68.7 Å². The third-order valence-electron chi connectivity index (χ3n) is 5.69. The van der Waals surface area contributed by atoms with E-state index in [4.69, 9.17) is 9.47 Å². The molecule has 0 radical (unpaired) electrons. The first kappa shape index (κ1) is 20.6. The molecule has 5 rings (SSSR count). The van der Waals surface area contributed by atoms with E-state index in [2.05, 4.69) is 11.1 Å². The highest BCUT2D eigenvalue weighted by molar-refractivity contribution is 8.01. The molecule has 2 aliphatic heterocycles. The number of fused-ring (bicyclic) bond motifs is 2. The lowest BCUT2D eigenvalue weighted by atomic mass is 9.95. The molecule has 1 atom stereocenters. The number of rotatable bonds is 5. The molecule has 2 aromatic carbocycles. The number of ketones is 2. The van der Waals surface area contributed by atoms with Gasteiger partial charge < -0.3 is 9.47 Å². The van der Waals surface area contributed by atoms with Crippen molar-refractivity contribution in [2.24, 2.45) is 0 Å². The van der Waals surface area contributed by atoms with E-state index in [1.807, 2.05) is 36.1 Å². The second kappa shape index (κ2) is 8.70. The number of nitrogens with zero attached hydrogens (tertiary/aromatic N) is 2. The molecule has 0 spiro atoms. The van der Waals surface area contributed by atoms with Crippen LogP contribution in [0, 0.1) is 6.92 Å². The van der Waals surface area contributed by atoms with E-state index in [0.29, 0.717) is 37.6 Å². The smallest absolute Gasteiger partial charge is 0.259 e. The molecule has 1 fully saturated rings. The minimum Gasteiger partial charge on any atom is -0.466 e. The van der Waals surface area contributed by atoms with Gasteiger partial charge in [-0.1, -0.05) is 30.0 Å². The molecular formula is C23H22N2O4S2. The van der Waals surface area contributed by atoms with Crippen LogP contribution in [0.3, 0.4) is 0 Å². The molecule has 6 nitrogen and oxygen atoms in total. The van der Waals surface area contributed by atoms with Crippen LogP contribution in [0.5, 0.6) is 5.75 Å². The van der Waals surface area contributed by atoms with Crippen molar-refractivity contribution < 1.29 is 19.1 Å². The van der Waals surface area contributed by atoms with Gasteiger partial charge in [-0.15, -0.1) is 11.3 Å². The Labute approximate surface area is 188 Å². The highest BCUT2D eigenvalue weighted by atomic mass is 32.2. The number of carbonyl (C=O) groups excluding carboxylic acids is 2. The van der Waals surface area contributed by atoms with Crippen molar-refractivity contribution in [1.29, 1.82) is 0 Å². The summed E-state index contributed by atoms with van der Waals surface area (Å²) in [5.41, 5.74) is 3.46. The molecule has 0 amide bonds. The Bertz CT molecular complexity index is 1120. The molecule has 31 heavy (non-hydrogen) atoms. The van der Waals surface area contributed by atoms with E-state index in [0.717, 1.165) is 33.2 Å². The van der Waals surface area contributed by atoms with Crippen molar-refractivity contribution in [3.63, 3.8) is 0 Å². The van der Waals surface area contributed by atoms with E-state index in [1.165, 1.54) is 4.70 Å². The zero-order valence-corrected chi connectivity index (χ0v) is 18.8. The van der Waals surface area contributed by atoms with Crippen molar-refractivity contribution in [2.45, 2.75) is 23.9 Å². The monoisotopic (exact) mass is 454 g/mol. The van der Waals surface area contributed by atoms with Crippen molar-refractivity contribution >= 4 is 44.9 Å². The lowest BCUT2D eigenvalue weighted by Crippen LogP contribution is -2.54. The number of carbonyl (C=O) groups is 2. The Hall–Kier alpha value is -2.26. The number of para-hydroxylation sites is 1. The van der Waals surface area contributed by atoms with Gasteiger partial charge in [-0.05, 0) is 42.7 Å². The largest absolute Gasteiger partial charge is 0.466 e. The first-order valence-corrected chi connectivity index (χ1v) is 12.1. The normalized spacial score (nSPS) is 19.5. The number of aromatic nitrogens is 1. The first-order chi connectivity index (χ1) is 15.1. The van der Waals surface area contributed by atoms with E-state index in [1.54, 1.807) is 29.2 Å². The predicted molar refractivity (Wildman–Crippen MR) is 121 cm³/mol. The fourth-order valence-electron chi connectivity index (χ4n) is 3.96. The molecule has 8 heteroatoms. The molecule has 3 heterocycles. The van der Waals surface area contributed by atoms with Gasteiger partial charge in [0, 0.05) is 18.8 Å². The number of thiazole rings is 1. The van der Waals surface area contributed by atoms with Crippen molar-refractivity contribution in [3.05, 3.63) is 53.1 Å². The number of hydrogen-bond acceptors (Lipinski definition) is 8. The van der Waals surface area contributed by atoms with Gasteiger partial charge in [-0.25, -0.2) is 4.98 Å². The zero-order chi connectivity index (χ0) is 21.4. The number of aryl methyl sites for hydroxylation is 1. The van der Waals surface area contributed by atoms with Crippen LogP contribution in [-0.4, -0.2) is 59.7 Å². The lowest BCUT2D eigenvalue weighted by Gasteiger charge is -2.36. The number of hydrogen-bond donors (Lipinski definition) is 0. The summed E-state index contributed by atoms with van der Waals surface area (Å²) in [6.07, 6.45) is -0.0251. The standard InChI is InChI=1S/C23H22N2O4S2/c1-14-15(8-13-30-23-24-17-4-2-3-5-18(17)31-23)6-7-16-19(26)20(27)22(29-21(14)16)25-9-11-28-12-10-25/h2-7,22H,8-13H2,1H3. The summed E-state index contributed by atoms with van der Waals surface area (Å²) < 4.78 is 13.7. The fraction of sp³-hybridized carbons (Fsp3) is 0.348. The van der Waals surface area contributed by atoms with Crippen LogP contribution in [-0.2, 0) is 16.0 Å². The Kier molecular flexibility index (Phi) is 5.79. The van der Waals surface area contributed by atoms with E-state index in [-0.39, 0.29) is 0 Å². The molecule has 0 N–H and O–H groups in total.